The van der Waals surface area contributed by atoms with Crippen LogP contribution in [0, 0.1) is 17.6 Å². The highest BCUT2D eigenvalue weighted by molar-refractivity contribution is 5.75. The highest BCUT2D eigenvalue weighted by Crippen LogP contribution is 2.20. The number of imidazole rings is 1. The van der Waals surface area contributed by atoms with Gasteiger partial charge in [0.2, 0.25) is 0 Å². The number of H-pyrrole nitrogens is 1. The number of nitrogens with one attached hydrogen (secondary N) is 1. The van der Waals surface area contributed by atoms with E-state index in [-0.39, 0.29) is 0 Å². The van der Waals surface area contributed by atoms with Crippen molar-refractivity contribution in [2.45, 2.75) is 39.0 Å². The first kappa shape index (κ1) is 14.9. The van der Waals surface area contributed by atoms with Crippen molar-refractivity contribution in [3.63, 3.8) is 0 Å². The lowest BCUT2D eigenvalue weighted by Crippen LogP contribution is -2.10. The van der Waals surface area contributed by atoms with Gasteiger partial charge in [0, 0.05) is 18.6 Å². The second-order valence-corrected chi connectivity index (χ2v) is 5.24. The largest absolute Gasteiger partial charge is 0.342 e. The van der Waals surface area contributed by atoms with E-state index in [4.69, 9.17) is 5.73 Å². The molecular weight excluding hydrogens is 260 g/mol. The first-order valence-electron chi connectivity index (χ1n) is 7.17. The van der Waals surface area contributed by atoms with Crippen molar-refractivity contribution in [1.82, 2.24) is 9.97 Å². The molecular formula is C15H21F2N3. The molecule has 0 aliphatic carbocycles. The Hall–Kier alpha value is -1.49. The summed E-state index contributed by atoms with van der Waals surface area (Å²) in [4.78, 5) is 7.37. The predicted molar refractivity (Wildman–Crippen MR) is 76.4 cm³/mol. The molecule has 0 amide bonds. The zero-order chi connectivity index (χ0) is 14.5. The Morgan fingerprint density at radius 1 is 1.20 bits per heavy atom. The average Bonchev–Trinajstić information content (AvgIpc) is 2.79. The number of halogens is 2. The van der Waals surface area contributed by atoms with Crippen LogP contribution in [-0.2, 0) is 6.42 Å². The number of aromatic amines is 1. The summed E-state index contributed by atoms with van der Waals surface area (Å²) in [5, 5.41) is 0. The van der Waals surface area contributed by atoms with Gasteiger partial charge in [0.1, 0.15) is 5.82 Å². The lowest BCUT2D eigenvalue weighted by Gasteiger charge is -2.13. The lowest BCUT2D eigenvalue weighted by molar-refractivity contribution is 0.418. The van der Waals surface area contributed by atoms with Crippen LogP contribution < -0.4 is 5.73 Å². The molecule has 1 atom stereocenters. The van der Waals surface area contributed by atoms with Crippen molar-refractivity contribution in [1.29, 1.82) is 0 Å². The molecule has 1 aromatic heterocycles. The molecule has 0 saturated carbocycles. The predicted octanol–water partition coefficient (Wildman–Crippen LogP) is 3.54. The van der Waals surface area contributed by atoms with E-state index in [0.717, 1.165) is 50.1 Å². The number of hydrogen-bond donors (Lipinski definition) is 2. The molecule has 0 bridgehead atoms. The molecule has 3 nitrogen and oxygen atoms in total. The molecule has 1 unspecified atom stereocenters. The van der Waals surface area contributed by atoms with Crippen molar-refractivity contribution in [3.8, 4) is 0 Å². The summed E-state index contributed by atoms with van der Waals surface area (Å²) in [7, 11) is 0. The molecule has 5 heteroatoms. The third kappa shape index (κ3) is 3.54. The number of fused-ring (bicyclic) bond motifs is 1. The van der Waals surface area contributed by atoms with E-state index in [1.54, 1.807) is 0 Å². The number of aryl methyl sites for hydroxylation is 1. The summed E-state index contributed by atoms with van der Waals surface area (Å²) in [6, 6.07) is 2.29. The zero-order valence-corrected chi connectivity index (χ0v) is 11.8. The van der Waals surface area contributed by atoms with Crippen LogP contribution in [0.5, 0.6) is 0 Å². The van der Waals surface area contributed by atoms with Crippen LogP contribution >= 0.6 is 0 Å². The normalized spacial score (nSPS) is 13.0. The van der Waals surface area contributed by atoms with Crippen LogP contribution in [0.1, 0.15) is 38.4 Å². The molecule has 3 N–H and O–H groups in total. The first-order chi connectivity index (χ1) is 9.63. The van der Waals surface area contributed by atoms with Gasteiger partial charge in [-0.2, -0.15) is 0 Å². The lowest BCUT2D eigenvalue weighted by atomic mass is 9.94. The summed E-state index contributed by atoms with van der Waals surface area (Å²) in [5.74, 6) is -0.336. The molecule has 110 valence electrons. The maximum Gasteiger partial charge on any atom is 0.161 e. The second kappa shape index (κ2) is 6.79. The maximum atomic E-state index is 13.1. The van der Waals surface area contributed by atoms with E-state index in [0.29, 0.717) is 23.5 Å². The zero-order valence-electron chi connectivity index (χ0n) is 11.8. The van der Waals surface area contributed by atoms with Gasteiger partial charge in [-0.15, -0.1) is 0 Å². The molecule has 1 aromatic carbocycles. The van der Waals surface area contributed by atoms with Gasteiger partial charge in [0.05, 0.1) is 11.0 Å². The van der Waals surface area contributed by atoms with Crippen molar-refractivity contribution < 1.29 is 8.78 Å². The highest BCUT2D eigenvalue weighted by atomic mass is 19.2. The summed E-state index contributed by atoms with van der Waals surface area (Å²) in [6.07, 6.45) is 5.08. The second-order valence-electron chi connectivity index (χ2n) is 5.24. The van der Waals surface area contributed by atoms with Gasteiger partial charge >= 0.3 is 0 Å². The van der Waals surface area contributed by atoms with Gasteiger partial charge in [-0.25, -0.2) is 13.8 Å². The molecule has 0 radical (unpaired) electrons. The number of rotatable bonds is 7. The summed E-state index contributed by atoms with van der Waals surface area (Å²) in [5.41, 5.74) is 6.64. The van der Waals surface area contributed by atoms with Crippen LogP contribution in [-0.4, -0.2) is 16.5 Å². The molecule has 2 rings (SSSR count). The molecule has 20 heavy (non-hydrogen) atoms. The van der Waals surface area contributed by atoms with Gasteiger partial charge < -0.3 is 10.7 Å². The van der Waals surface area contributed by atoms with Crippen LogP contribution in [0.15, 0.2) is 12.1 Å². The third-order valence-corrected chi connectivity index (χ3v) is 3.63. The molecule has 0 spiro atoms. The van der Waals surface area contributed by atoms with E-state index in [2.05, 4.69) is 16.9 Å². The SMILES string of the molecule is CCCC(CCN)CCc1nc2cc(F)c(F)cc2[nH]1. The molecule has 0 aliphatic heterocycles. The minimum Gasteiger partial charge on any atom is -0.342 e. The maximum absolute atomic E-state index is 13.1. The molecule has 1 heterocycles. The van der Waals surface area contributed by atoms with E-state index < -0.39 is 11.6 Å². The van der Waals surface area contributed by atoms with Gasteiger partial charge in [0.15, 0.2) is 11.6 Å². The van der Waals surface area contributed by atoms with Gasteiger partial charge in [-0.1, -0.05) is 19.8 Å². The Balaban J connectivity index is 2.06. The van der Waals surface area contributed by atoms with E-state index >= 15 is 0 Å². The van der Waals surface area contributed by atoms with Crippen LogP contribution in [0.25, 0.3) is 11.0 Å². The fraction of sp³-hybridized carbons (Fsp3) is 0.533. The van der Waals surface area contributed by atoms with Gasteiger partial charge in [0.25, 0.3) is 0 Å². The quantitative estimate of drug-likeness (QED) is 0.815. The Labute approximate surface area is 117 Å². The molecule has 0 saturated heterocycles. The van der Waals surface area contributed by atoms with Gasteiger partial charge in [-0.05, 0) is 25.3 Å². The third-order valence-electron chi connectivity index (χ3n) is 3.63. The number of aromatic nitrogens is 2. The summed E-state index contributed by atoms with van der Waals surface area (Å²) >= 11 is 0. The Morgan fingerprint density at radius 2 is 1.95 bits per heavy atom. The smallest absolute Gasteiger partial charge is 0.161 e. The molecule has 0 fully saturated rings. The van der Waals surface area contributed by atoms with Crippen molar-refractivity contribution in [2.75, 3.05) is 6.54 Å². The van der Waals surface area contributed by atoms with Crippen LogP contribution in [0.4, 0.5) is 8.78 Å². The first-order valence-corrected chi connectivity index (χ1v) is 7.17. The fourth-order valence-corrected chi connectivity index (χ4v) is 2.59. The van der Waals surface area contributed by atoms with Crippen LogP contribution in [0.3, 0.4) is 0 Å². The average molecular weight is 281 g/mol. The van der Waals surface area contributed by atoms with E-state index in [1.165, 1.54) is 0 Å². The Bertz CT molecular complexity index is 520. The summed E-state index contributed by atoms with van der Waals surface area (Å²) < 4.78 is 26.3. The van der Waals surface area contributed by atoms with E-state index in [1.807, 2.05) is 0 Å². The van der Waals surface area contributed by atoms with Crippen molar-refractivity contribution >= 4 is 11.0 Å². The minimum absolute atomic E-state index is 0.477. The Kier molecular flexibility index (Phi) is 5.06. The highest BCUT2D eigenvalue weighted by Gasteiger charge is 2.11. The topological polar surface area (TPSA) is 54.7 Å². The van der Waals surface area contributed by atoms with Crippen molar-refractivity contribution in [3.05, 3.63) is 29.6 Å². The number of nitrogens with zero attached hydrogens (tertiary/aromatic N) is 1. The fourth-order valence-electron chi connectivity index (χ4n) is 2.59. The Morgan fingerprint density at radius 3 is 2.65 bits per heavy atom. The molecule has 2 aromatic rings. The van der Waals surface area contributed by atoms with Crippen LogP contribution in [0.2, 0.25) is 0 Å². The number of hydrogen-bond acceptors (Lipinski definition) is 2. The number of benzene rings is 1. The monoisotopic (exact) mass is 281 g/mol. The van der Waals surface area contributed by atoms with E-state index in [9.17, 15) is 8.78 Å². The molecule has 0 aliphatic rings. The van der Waals surface area contributed by atoms with Crippen molar-refractivity contribution in [2.24, 2.45) is 11.7 Å². The summed E-state index contributed by atoms with van der Waals surface area (Å²) in [6.45, 7) is 2.86. The minimum atomic E-state index is -0.859. The number of nitrogens with two attached hydrogens (primary N) is 1. The standard InChI is InChI=1S/C15H21F2N3/c1-2-3-10(6-7-18)4-5-15-19-13-8-11(16)12(17)9-14(13)20-15/h8-10H,2-7,18H2,1H3,(H,19,20). The van der Waals surface area contributed by atoms with Gasteiger partial charge in [-0.3, -0.25) is 0 Å².